The van der Waals surface area contributed by atoms with Crippen molar-refractivity contribution in [1.82, 2.24) is 14.7 Å². The number of phenols is 1. The van der Waals surface area contributed by atoms with E-state index in [9.17, 15) is 23.1 Å². The highest BCUT2D eigenvalue weighted by molar-refractivity contribution is 6.31. The molecule has 0 unspecified atom stereocenters. The highest BCUT2D eigenvalue weighted by Gasteiger charge is 2.35. The number of carbonyl (C=O) groups excluding carboxylic acids is 1. The zero-order chi connectivity index (χ0) is 24.3. The number of hydrogen-bond acceptors (Lipinski definition) is 4. The largest absolute Gasteiger partial charge is 0.507 e. The summed E-state index contributed by atoms with van der Waals surface area (Å²) in [6.07, 6.45) is -4.63. The van der Waals surface area contributed by atoms with Crippen molar-refractivity contribution in [2.24, 2.45) is 10.2 Å². The molecule has 0 aliphatic heterocycles. The molecule has 1 amide bonds. The molecule has 0 aliphatic rings. The van der Waals surface area contributed by atoms with E-state index in [0.29, 0.717) is 11.3 Å². The molecule has 3 aromatic carbocycles. The van der Waals surface area contributed by atoms with Crippen LogP contribution >= 0.6 is 11.6 Å². The predicted octanol–water partition coefficient (Wildman–Crippen LogP) is 6.36. The van der Waals surface area contributed by atoms with Crippen molar-refractivity contribution in [1.29, 1.82) is 0 Å². The summed E-state index contributed by atoms with van der Waals surface area (Å²) in [6.45, 7) is 0. The van der Waals surface area contributed by atoms with Crippen molar-refractivity contribution < 1.29 is 23.1 Å². The number of aromatic nitrogens is 2. The first-order chi connectivity index (χ1) is 16.2. The molecular weight excluding hydrogens is 471 g/mol. The number of hydrogen-bond donors (Lipinski definition) is 1. The van der Waals surface area contributed by atoms with E-state index in [-0.39, 0.29) is 27.7 Å². The van der Waals surface area contributed by atoms with Gasteiger partial charge in [-0.1, -0.05) is 48.0 Å². The predicted molar refractivity (Wildman–Crippen MR) is 118 cm³/mol. The fourth-order valence-electron chi connectivity index (χ4n) is 3.07. The first-order valence-corrected chi connectivity index (χ1v) is 10.1. The van der Waals surface area contributed by atoms with E-state index >= 15 is 0 Å². The summed E-state index contributed by atoms with van der Waals surface area (Å²) in [6, 6.07) is 19.5. The van der Waals surface area contributed by atoms with E-state index in [4.69, 9.17) is 11.6 Å². The number of nitrogens with zero attached hydrogens (tertiary/aromatic N) is 5. The molecule has 0 spiro atoms. The number of alkyl halides is 3. The lowest BCUT2D eigenvalue weighted by Crippen LogP contribution is -2.07. The number of benzene rings is 3. The average molecular weight is 485 g/mol. The van der Waals surface area contributed by atoms with Crippen LogP contribution in [0.3, 0.4) is 0 Å². The van der Waals surface area contributed by atoms with Gasteiger partial charge in [-0.2, -0.15) is 18.3 Å². The lowest BCUT2D eigenvalue weighted by molar-refractivity contribution is -0.141. The third-order valence-corrected chi connectivity index (χ3v) is 4.86. The Hall–Kier alpha value is -4.27. The second-order valence-electron chi connectivity index (χ2n) is 6.97. The molecule has 0 bridgehead atoms. The maximum absolute atomic E-state index is 13.3. The molecule has 0 radical (unpaired) electrons. The van der Waals surface area contributed by atoms with Gasteiger partial charge in [0.1, 0.15) is 5.75 Å². The minimum absolute atomic E-state index is 0.149. The molecule has 0 aliphatic carbocycles. The average Bonchev–Trinajstić information content (AvgIpc) is 3.28. The van der Waals surface area contributed by atoms with Gasteiger partial charge < -0.3 is 5.11 Å². The van der Waals surface area contributed by atoms with Crippen LogP contribution in [0.2, 0.25) is 5.02 Å². The summed E-state index contributed by atoms with van der Waals surface area (Å²) in [7, 11) is 0. The van der Waals surface area contributed by atoms with Gasteiger partial charge >= 0.3 is 12.1 Å². The van der Waals surface area contributed by atoms with Gasteiger partial charge in [-0.05, 0) is 42.5 Å². The fraction of sp³-hybridized carbons (Fsp3) is 0.0435. The number of rotatable bonds is 4. The van der Waals surface area contributed by atoms with Gasteiger partial charge in [-0.25, -0.2) is 4.68 Å². The van der Waals surface area contributed by atoms with E-state index in [1.165, 1.54) is 30.3 Å². The standard InChI is InChI=1S/C23H13ClF3N5O2/c24-15-9-10-20(33)18(11-15)22(34)29-31-28-16-7-4-8-17(12-16)32-19(14-5-2-1-3-6-14)13-21(30-32)23(25,26)27/h1-13H/p+1. The Bertz CT molecular complexity index is 1430. The van der Waals surface area contributed by atoms with E-state index in [0.717, 1.165) is 10.7 Å². The molecule has 7 nitrogen and oxygen atoms in total. The second kappa shape index (κ2) is 9.30. The Morgan fingerprint density at radius 1 is 1.00 bits per heavy atom. The van der Waals surface area contributed by atoms with Crippen molar-refractivity contribution in [3.8, 4) is 22.7 Å². The lowest BCUT2D eigenvalue weighted by Gasteiger charge is -2.07. The van der Waals surface area contributed by atoms with Crippen LogP contribution in [0.25, 0.3) is 16.9 Å². The zero-order valence-corrected chi connectivity index (χ0v) is 17.9. The Kier molecular flexibility index (Phi) is 6.27. The lowest BCUT2D eigenvalue weighted by atomic mass is 10.1. The van der Waals surface area contributed by atoms with Crippen molar-refractivity contribution in [3.63, 3.8) is 0 Å². The molecule has 11 heteroatoms. The molecule has 1 aromatic heterocycles. The summed E-state index contributed by atoms with van der Waals surface area (Å²) < 4.78 is 41.2. The van der Waals surface area contributed by atoms with Gasteiger partial charge in [0, 0.05) is 10.6 Å². The Morgan fingerprint density at radius 3 is 2.50 bits per heavy atom. The van der Waals surface area contributed by atoms with Gasteiger partial charge in [-0.15, -0.1) is 0 Å². The van der Waals surface area contributed by atoms with Gasteiger partial charge in [-0.3, -0.25) is 4.79 Å². The molecule has 0 atom stereocenters. The topological polar surface area (TPSA) is 93.9 Å². The first-order valence-electron chi connectivity index (χ1n) is 9.70. The molecule has 4 rings (SSSR count). The molecular formula is C23H14ClF3N5O2+. The molecule has 0 saturated carbocycles. The number of carbonyl (C=O) groups is 1. The Balaban J connectivity index is 1.69. The highest BCUT2D eigenvalue weighted by Crippen LogP contribution is 2.33. The van der Waals surface area contributed by atoms with Crippen LogP contribution < -0.4 is 4.91 Å². The smallest absolute Gasteiger partial charge is 0.435 e. The normalized spacial score (nSPS) is 11.1. The van der Waals surface area contributed by atoms with Crippen LogP contribution in [0.4, 0.5) is 18.9 Å². The Labute approximate surface area is 195 Å². The highest BCUT2D eigenvalue weighted by atomic mass is 35.5. The number of halogens is 4. The maximum Gasteiger partial charge on any atom is 0.435 e. The monoisotopic (exact) mass is 484 g/mol. The minimum Gasteiger partial charge on any atom is -0.507 e. The van der Waals surface area contributed by atoms with E-state index in [1.807, 2.05) is 0 Å². The molecule has 34 heavy (non-hydrogen) atoms. The van der Waals surface area contributed by atoms with Gasteiger partial charge in [0.05, 0.1) is 16.9 Å². The second-order valence-corrected chi connectivity index (χ2v) is 7.40. The molecule has 1 heterocycles. The van der Waals surface area contributed by atoms with E-state index in [1.54, 1.807) is 42.5 Å². The van der Waals surface area contributed by atoms with Gasteiger partial charge in [0.25, 0.3) is 0 Å². The molecule has 1 N–H and O–H groups in total. The number of amides is 1. The summed E-state index contributed by atoms with van der Waals surface area (Å²) >= 11 is 5.82. The van der Waals surface area contributed by atoms with Crippen LogP contribution in [-0.4, -0.2) is 20.8 Å². The molecule has 4 aromatic rings. The summed E-state index contributed by atoms with van der Waals surface area (Å²) in [5.41, 5.74) is 0.0963. The molecule has 0 saturated heterocycles. The third-order valence-electron chi connectivity index (χ3n) is 4.63. The number of phenolic OH excluding ortho intramolecular Hbond substituents is 1. The van der Waals surface area contributed by atoms with Crippen LogP contribution in [0.5, 0.6) is 5.75 Å². The number of aromatic hydroxyl groups is 1. The van der Waals surface area contributed by atoms with Crippen LogP contribution in [0.15, 0.2) is 89.1 Å². The fourth-order valence-corrected chi connectivity index (χ4v) is 3.24. The van der Waals surface area contributed by atoms with Crippen LogP contribution in [-0.2, 0) is 6.18 Å². The van der Waals surface area contributed by atoms with Crippen molar-refractivity contribution in [3.05, 3.63) is 95.1 Å². The SMILES string of the molecule is O=C(N=[N+]=Nc1cccc(-n2nc(C(F)(F)F)cc2-c2ccccc2)c1)c1cc(Cl)ccc1O. The summed E-state index contributed by atoms with van der Waals surface area (Å²) in [5, 5.41) is 21.0. The third kappa shape index (κ3) is 5.03. The van der Waals surface area contributed by atoms with E-state index in [2.05, 4.69) is 20.2 Å². The maximum atomic E-state index is 13.3. The summed E-state index contributed by atoms with van der Waals surface area (Å²) in [5.74, 6) is -1.18. The van der Waals surface area contributed by atoms with Gasteiger partial charge in [0.2, 0.25) is 10.0 Å². The zero-order valence-electron chi connectivity index (χ0n) is 17.1. The molecule has 0 fully saturated rings. The first kappa shape index (κ1) is 22.9. The van der Waals surface area contributed by atoms with Gasteiger partial charge in [0.15, 0.2) is 16.5 Å². The van der Waals surface area contributed by atoms with Crippen molar-refractivity contribution >= 4 is 23.2 Å². The van der Waals surface area contributed by atoms with Crippen LogP contribution in [0, 0.1) is 0 Å². The van der Waals surface area contributed by atoms with E-state index < -0.39 is 17.8 Å². The molecule has 170 valence electrons. The Morgan fingerprint density at radius 2 is 1.76 bits per heavy atom. The van der Waals surface area contributed by atoms with Crippen molar-refractivity contribution in [2.45, 2.75) is 6.18 Å². The minimum atomic E-state index is -4.63. The van der Waals surface area contributed by atoms with Crippen LogP contribution in [0.1, 0.15) is 16.1 Å². The van der Waals surface area contributed by atoms with Crippen molar-refractivity contribution in [2.75, 3.05) is 0 Å². The quantitative estimate of drug-likeness (QED) is 0.270. The summed E-state index contributed by atoms with van der Waals surface area (Å²) in [4.78, 5) is 15.6.